The van der Waals surface area contributed by atoms with Crippen LogP contribution in [0, 0.1) is 6.92 Å². The summed E-state index contributed by atoms with van der Waals surface area (Å²) in [5.41, 5.74) is 0.606. The zero-order valence-corrected chi connectivity index (χ0v) is 15.3. The summed E-state index contributed by atoms with van der Waals surface area (Å²) >= 11 is 9.11. The number of hydrogen-bond donors (Lipinski definition) is 0. The van der Waals surface area contributed by atoms with Crippen molar-refractivity contribution in [2.24, 2.45) is 0 Å². The van der Waals surface area contributed by atoms with Crippen molar-refractivity contribution >= 4 is 39.5 Å². The third-order valence-corrected chi connectivity index (χ3v) is 3.81. The van der Waals surface area contributed by atoms with E-state index in [4.69, 9.17) is 25.5 Å². The monoisotopic (exact) mass is 416 g/mol. The minimum absolute atomic E-state index is 0.0879. The van der Waals surface area contributed by atoms with Gasteiger partial charge in [-0.05, 0) is 47.1 Å². The molecule has 0 radical (unpaired) electrons. The highest BCUT2D eigenvalue weighted by Gasteiger charge is 2.17. The molecule has 0 aliphatic carbocycles. The van der Waals surface area contributed by atoms with Crippen LogP contribution in [0.5, 0.6) is 5.75 Å². The Morgan fingerprint density at radius 1 is 1.29 bits per heavy atom. The van der Waals surface area contributed by atoms with Gasteiger partial charge < -0.3 is 18.6 Å². The molecule has 0 unspecified atom stereocenters. The van der Waals surface area contributed by atoms with E-state index >= 15 is 0 Å². The summed E-state index contributed by atoms with van der Waals surface area (Å²) in [6.45, 7) is 1.31. The smallest absolute Gasteiger partial charge is 0.374 e. The van der Waals surface area contributed by atoms with Crippen LogP contribution in [0.25, 0.3) is 0 Å². The highest BCUT2D eigenvalue weighted by molar-refractivity contribution is 9.10. The first-order valence-corrected chi connectivity index (χ1v) is 7.99. The molecule has 0 atom stereocenters. The molecule has 0 bridgehead atoms. The Balaban J connectivity index is 1.86. The van der Waals surface area contributed by atoms with Crippen LogP contribution in [0.3, 0.4) is 0 Å². The second-order valence-electron chi connectivity index (χ2n) is 4.74. The Hall–Kier alpha value is -1.99. The number of benzene rings is 1. The highest BCUT2D eigenvalue weighted by atomic mass is 79.9. The molecule has 8 heteroatoms. The maximum Gasteiger partial charge on any atom is 0.374 e. The Morgan fingerprint density at radius 3 is 2.71 bits per heavy atom. The molecular formula is C16H14BrClO6. The lowest BCUT2D eigenvalue weighted by molar-refractivity contribution is -0.147. The fourth-order valence-corrected chi connectivity index (χ4v) is 2.63. The predicted octanol–water partition coefficient (Wildman–Crippen LogP) is 3.91. The Labute approximate surface area is 151 Å². The van der Waals surface area contributed by atoms with Crippen molar-refractivity contribution in [2.75, 3.05) is 13.7 Å². The topological polar surface area (TPSA) is 75.0 Å². The van der Waals surface area contributed by atoms with Crippen molar-refractivity contribution in [1.29, 1.82) is 0 Å². The molecule has 1 aromatic carbocycles. The van der Waals surface area contributed by atoms with Crippen molar-refractivity contribution < 1.29 is 28.2 Å². The van der Waals surface area contributed by atoms with Gasteiger partial charge in [0.2, 0.25) is 5.76 Å². The van der Waals surface area contributed by atoms with Gasteiger partial charge in [0, 0.05) is 10.6 Å². The van der Waals surface area contributed by atoms with E-state index in [-0.39, 0.29) is 19.0 Å². The number of hydrogen-bond acceptors (Lipinski definition) is 6. The van der Waals surface area contributed by atoms with Crippen LogP contribution in [-0.2, 0) is 20.9 Å². The SMILES string of the molecule is COC(=O)c1oc(COC(=O)COc2ccc(Cl)cc2Br)cc1C. The van der Waals surface area contributed by atoms with Crippen molar-refractivity contribution in [1.82, 2.24) is 0 Å². The summed E-state index contributed by atoms with van der Waals surface area (Å²) in [5, 5.41) is 0.548. The number of ether oxygens (including phenoxy) is 3. The number of methoxy groups -OCH3 is 1. The van der Waals surface area contributed by atoms with Gasteiger partial charge in [0.15, 0.2) is 6.61 Å². The summed E-state index contributed by atoms with van der Waals surface area (Å²) in [7, 11) is 1.26. The first-order chi connectivity index (χ1) is 11.4. The molecule has 128 valence electrons. The van der Waals surface area contributed by atoms with Gasteiger partial charge in [-0.1, -0.05) is 11.6 Å². The minimum atomic E-state index is -0.582. The molecule has 2 rings (SSSR count). The van der Waals surface area contributed by atoms with Crippen molar-refractivity contribution in [3.8, 4) is 5.75 Å². The summed E-state index contributed by atoms with van der Waals surface area (Å²) in [4.78, 5) is 23.2. The van der Waals surface area contributed by atoms with Gasteiger partial charge in [0.05, 0.1) is 11.6 Å². The lowest BCUT2D eigenvalue weighted by Gasteiger charge is -2.08. The van der Waals surface area contributed by atoms with Gasteiger partial charge >= 0.3 is 11.9 Å². The van der Waals surface area contributed by atoms with Gasteiger partial charge in [-0.25, -0.2) is 9.59 Å². The zero-order chi connectivity index (χ0) is 17.7. The van der Waals surface area contributed by atoms with Crippen molar-refractivity contribution in [3.05, 3.63) is 50.8 Å². The van der Waals surface area contributed by atoms with E-state index in [1.54, 1.807) is 31.2 Å². The van der Waals surface area contributed by atoms with Gasteiger partial charge in [0.25, 0.3) is 0 Å². The van der Waals surface area contributed by atoms with E-state index in [1.807, 2.05) is 0 Å². The molecule has 0 N–H and O–H groups in total. The molecule has 1 heterocycles. The van der Waals surface area contributed by atoms with Gasteiger partial charge in [0.1, 0.15) is 18.1 Å². The van der Waals surface area contributed by atoms with E-state index in [1.165, 1.54) is 7.11 Å². The molecule has 1 aromatic heterocycles. The van der Waals surface area contributed by atoms with Crippen LogP contribution < -0.4 is 4.74 Å². The number of halogens is 2. The molecule has 0 spiro atoms. The van der Waals surface area contributed by atoms with Gasteiger partial charge in [-0.2, -0.15) is 0 Å². The number of carbonyl (C=O) groups excluding carboxylic acids is 2. The van der Waals surface area contributed by atoms with Crippen LogP contribution in [-0.4, -0.2) is 25.7 Å². The van der Waals surface area contributed by atoms with Crippen LogP contribution in [0.15, 0.2) is 33.2 Å². The van der Waals surface area contributed by atoms with Crippen LogP contribution >= 0.6 is 27.5 Å². The summed E-state index contributed by atoms with van der Waals surface area (Å²) in [6, 6.07) is 6.55. The number of rotatable bonds is 6. The third kappa shape index (κ3) is 4.75. The second kappa shape index (κ2) is 8.21. The quantitative estimate of drug-likeness (QED) is 0.663. The first kappa shape index (κ1) is 18.4. The Morgan fingerprint density at radius 2 is 2.04 bits per heavy atom. The lowest BCUT2D eigenvalue weighted by Crippen LogP contribution is -2.14. The highest BCUT2D eigenvalue weighted by Crippen LogP contribution is 2.27. The number of aryl methyl sites for hydroxylation is 1. The largest absolute Gasteiger partial charge is 0.481 e. The third-order valence-electron chi connectivity index (χ3n) is 2.95. The summed E-state index contributed by atoms with van der Waals surface area (Å²) < 4.78 is 20.9. The molecule has 0 saturated heterocycles. The molecular weight excluding hydrogens is 404 g/mol. The molecule has 0 aliphatic heterocycles. The standard InChI is InChI=1S/C16H14BrClO6/c1-9-5-11(24-15(9)16(20)21-2)7-23-14(19)8-22-13-4-3-10(18)6-12(13)17/h3-6H,7-8H2,1-2H3. The molecule has 2 aromatic rings. The average molecular weight is 418 g/mol. The fourth-order valence-electron chi connectivity index (χ4n) is 1.84. The summed E-state index contributed by atoms with van der Waals surface area (Å²) in [6.07, 6.45) is 0. The second-order valence-corrected chi connectivity index (χ2v) is 6.03. The fraction of sp³-hybridized carbons (Fsp3) is 0.250. The zero-order valence-electron chi connectivity index (χ0n) is 12.9. The maximum atomic E-state index is 11.7. The molecule has 6 nitrogen and oxygen atoms in total. The Kier molecular flexibility index (Phi) is 6.28. The first-order valence-electron chi connectivity index (χ1n) is 6.81. The number of carbonyl (C=O) groups is 2. The average Bonchev–Trinajstić information content (AvgIpc) is 2.92. The van der Waals surface area contributed by atoms with Crippen LogP contribution in [0.4, 0.5) is 0 Å². The number of esters is 2. The van der Waals surface area contributed by atoms with E-state index < -0.39 is 11.9 Å². The molecule has 0 saturated carbocycles. The predicted molar refractivity (Wildman–Crippen MR) is 89.2 cm³/mol. The van der Waals surface area contributed by atoms with E-state index in [2.05, 4.69) is 20.7 Å². The van der Waals surface area contributed by atoms with Crippen molar-refractivity contribution in [2.45, 2.75) is 13.5 Å². The van der Waals surface area contributed by atoms with Crippen LogP contribution in [0.2, 0.25) is 5.02 Å². The van der Waals surface area contributed by atoms with Crippen molar-refractivity contribution in [3.63, 3.8) is 0 Å². The van der Waals surface area contributed by atoms with E-state index in [0.29, 0.717) is 26.6 Å². The lowest BCUT2D eigenvalue weighted by atomic mass is 10.3. The molecule has 24 heavy (non-hydrogen) atoms. The molecule has 0 aliphatic rings. The molecule has 0 fully saturated rings. The minimum Gasteiger partial charge on any atom is -0.481 e. The number of furan rings is 1. The normalized spacial score (nSPS) is 10.3. The molecule has 0 amide bonds. The van der Waals surface area contributed by atoms with Crippen LogP contribution in [0.1, 0.15) is 21.9 Å². The van der Waals surface area contributed by atoms with Gasteiger partial charge in [-0.15, -0.1) is 0 Å². The van der Waals surface area contributed by atoms with Gasteiger partial charge in [-0.3, -0.25) is 0 Å². The maximum absolute atomic E-state index is 11.7. The summed E-state index contributed by atoms with van der Waals surface area (Å²) in [5.74, 6) is -0.261. The Bertz CT molecular complexity index is 755. The van der Waals surface area contributed by atoms with E-state index in [9.17, 15) is 9.59 Å². The van der Waals surface area contributed by atoms with E-state index in [0.717, 1.165) is 0 Å².